The lowest BCUT2D eigenvalue weighted by Crippen LogP contribution is -2.19. The Hall–Kier alpha value is -0.120. The summed E-state index contributed by atoms with van der Waals surface area (Å²) in [5, 5.41) is 8.76. The average molecular weight is 134 g/mol. The van der Waals surface area contributed by atoms with Crippen LogP contribution in [0.15, 0.2) is 0 Å². The number of hydrogen-bond donors (Lipinski definition) is 1. The molecule has 3 heteroatoms. The van der Waals surface area contributed by atoms with Crippen LogP contribution in [-0.4, -0.2) is 31.2 Å². The van der Waals surface area contributed by atoms with Crippen molar-refractivity contribution < 1.29 is 14.6 Å². The number of aliphatic hydroxyl groups excluding tert-OH is 1. The largest absolute Gasteiger partial charge is 0.374 e. The Kier molecular flexibility index (Phi) is 4.67. The first-order valence-corrected chi connectivity index (χ1v) is 2.99. The zero-order chi connectivity index (χ0) is 7.28. The Balaban J connectivity index is 3.06. The van der Waals surface area contributed by atoms with Crippen LogP contribution in [0.5, 0.6) is 0 Å². The Labute approximate surface area is 55.6 Å². The van der Waals surface area contributed by atoms with E-state index in [1.807, 2.05) is 13.8 Å². The first-order valence-electron chi connectivity index (χ1n) is 2.99. The monoisotopic (exact) mass is 134 g/mol. The molecule has 0 aliphatic carbocycles. The van der Waals surface area contributed by atoms with Crippen molar-refractivity contribution >= 4 is 0 Å². The van der Waals surface area contributed by atoms with E-state index < -0.39 is 6.29 Å². The van der Waals surface area contributed by atoms with Crippen LogP contribution in [0.1, 0.15) is 13.8 Å². The molecule has 3 nitrogen and oxygen atoms in total. The Morgan fingerprint density at radius 1 is 1.44 bits per heavy atom. The summed E-state index contributed by atoms with van der Waals surface area (Å²) in [5.41, 5.74) is 0. The third kappa shape index (κ3) is 5.76. The molecule has 0 radical (unpaired) electrons. The number of rotatable bonds is 4. The standard InChI is InChI=1S/C6H14O3/c1-5(2)9-4-6(7)8-3/h5-7H,4H2,1-3H3. The predicted octanol–water partition coefficient (Wildman–Crippen LogP) is 0.376. The van der Waals surface area contributed by atoms with E-state index in [9.17, 15) is 0 Å². The highest BCUT2D eigenvalue weighted by atomic mass is 16.6. The van der Waals surface area contributed by atoms with E-state index in [0.29, 0.717) is 0 Å². The summed E-state index contributed by atoms with van der Waals surface area (Å²) in [6.07, 6.45) is -0.637. The molecule has 0 spiro atoms. The van der Waals surface area contributed by atoms with Gasteiger partial charge in [0, 0.05) is 7.11 Å². The summed E-state index contributed by atoms with van der Waals surface area (Å²) in [6.45, 7) is 4.05. The summed E-state index contributed by atoms with van der Waals surface area (Å²) in [6, 6.07) is 0. The second-order valence-corrected chi connectivity index (χ2v) is 2.07. The minimum absolute atomic E-state index is 0.148. The molecule has 0 saturated carbocycles. The SMILES string of the molecule is COC(O)COC(C)C. The summed E-state index contributed by atoms with van der Waals surface area (Å²) in [4.78, 5) is 0. The molecular formula is C6H14O3. The van der Waals surface area contributed by atoms with Crippen molar-refractivity contribution in [2.75, 3.05) is 13.7 Å². The van der Waals surface area contributed by atoms with Crippen molar-refractivity contribution in [1.29, 1.82) is 0 Å². The van der Waals surface area contributed by atoms with Crippen molar-refractivity contribution in [1.82, 2.24) is 0 Å². The fourth-order valence-corrected chi connectivity index (χ4v) is 0.343. The van der Waals surface area contributed by atoms with Crippen LogP contribution >= 0.6 is 0 Å². The van der Waals surface area contributed by atoms with Gasteiger partial charge in [-0.25, -0.2) is 0 Å². The third-order valence-electron chi connectivity index (χ3n) is 0.844. The molecule has 0 fully saturated rings. The number of ether oxygens (including phenoxy) is 2. The maximum Gasteiger partial charge on any atom is 0.177 e. The van der Waals surface area contributed by atoms with Gasteiger partial charge in [0.05, 0.1) is 12.7 Å². The van der Waals surface area contributed by atoms with Gasteiger partial charge >= 0.3 is 0 Å². The fourth-order valence-electron chi connectivity index (χ4n) is 0.343. The molecule has 1 unspecified atom stereocenters. The summed E-state index contributed by atoms with van der Waals surface area (Å²) >= 11 is 0. The van der Waals surface area contributed by atoms with Crippen molar-refractivity contribution in [3.63, 3.8) is 0 Å². The van der Waals surface area contributed by atoms with Gasteiger partial charge < -0.3 is 14.6 Å². The fraction of sp³-hybridized carbons (Fsp3) is 1.00. The molecule has 9 heavy (non-hydrogen) atoms. The zero-order valence-electron chi connectivity index (χ0n) is 6.13. The first-order chi connectivity index (χ1) is 4.16. The molecule has 0 aliphatic rings. The Morgan fingerprint density at radius 2 is 2.00 bits per heavy atom. The molecule has 0 heterocycles. The zero-order valence-corrected chi connectivity index (χ0v) is 6.13. The van der Waals surface area contributed by atoms with E-state index >= 15 is 0 Å². The molecule has 1 atom stereocenters. The van der Waals surface area contributed by atoms with Gasteiger partial charge in [0.2, 0.25) is 0 Å². The second kappa shape index (κ2) is 4.73. The van der Waals surface area contributed by atoms with Crippen LogP contribution in [0.2, 0.25) is 0 Å². The molecule has 1 N–H and O–H groups in total. The van der Waals surface area contributed by atoms with Crippen LogP contribution in [0.3, 0.4) is 0 Å². The van der Waals surface area contributed by atoms with Crippen LogP contribution in [0.25, 0.3) is 0 Å². The number of aliphatic hydroxyl groups is 1. The van der Waals surface area contributed by atoms with E-state index in [1.165, 1.54) is 7.11 Å². The third-order valence-corrected chi connectivity index (χ3v) is 0.844. The van der Waals surface area contributed by atoms with Crippen LogP contribution in [0.4, 0.5) is 0 Å². The Bertz CT molecular complexity index is 63.3. The van der Waals surface area contributed by atoms with E-state index in [-0.39, 0.29) is 12.7 Å². The topological polar surface area (TPSA) is 38.7 Å². The van der Waals surface area contributed by atoms with Gasteiger partial charge in [-0.3, -0.25) is 0 Å². The highest BCUT2D eigenvalue weighted by Crippen LogP contribution is 1.90. The van der Waals surface area contributed by atoms with Crippen molar-refractivity contribution in [2.45, 2.75) is 26.2 Å². The van der Waals surface area contributed by atoms with Gasteiger partial charge in [-0.2, -0.15) is 0 Å². The molecule has 56 valence electrons. The van der Waals surface area contributed by atoms with E-state index in [1.54, 1.807) is 0 Å². The average Bonchev–Trinajstić information content (AvgIpc) is 1.83. The molecule has 0 aromatic carbocycles. The predicted molar refractivity (Wildman–Crippen MR) is 34.1 cm³/mol. The quantitative estimate of drug-likeness (QED) is 0.565. The van der Waals surface area contributed by atoms with Crippen molar-refractivity contribution in [3.05, 3.63) is 0 Å². The molecule has 0 aromatic rings. The summed E-state index contributed by atoms with van der Waals surface area (Å²) in [7, 11) is 1.44. The maximum absolute atomic E-state index is 8.76. The van der Waals surface area contributed by atoms with E-state index in [4.69, 9.17) is 9.84 Å². The molecule has 0 rings (SSSR count). The normalized spacial score (nSPS) is 14.3. The van der Waals surface area contributed by atoms with Crippen LogP contribution in [0, 0.1) is 0 Å². The van der Waals surface area contributed by atoms with Gasteiger partial charge in [0.1, 0.15) is 0 Å². The molecule has 0 aliphatic heterocycles. The molecular weight excluding hydrogens is 120 g/mol. The highest BCUT2D eigenvalue weighted by Gasteiger charge is 2.01. The molecule has 0 amide bonds. The van der Waals surface area contributed by atoms with Gasteiger partial charge in [-0.15, -0.1) is 0 Å². The molecule has 0 aromatic heterocycles. The molecule has 0 saturated heterocycles. The lowest BCUT2D eigenvalue weighted by atomic mass is 10.5. The van der Waals surface area contributed by atoms with Crippen LogP contribution in [-0.2, 0) is 9.47 Å². The van der Waals surface area contributed by atoms with Crippen molar-refractivity contribution in [3.8, 4) is 0 Å². The minimum atomic E-state index is -0.785. The van der Waals surface area contributed by atoms with Crippen molar-refractivity contribution in [2.24, 2.45) is 0 Å². The highest BCUT2D eigenvalue weighted by molar-refractivity contribution is 4.39. The summed E-state index contributed by atoms with van der Waals surface area (Å²) in [5.74, 6) is 0. The van der Waals surface area contributed by atoms with Gasteiger partial charge in [0.25, 0.3) is 0 Å². The minimum Gasteiger partial charge on any atom is -0.374 e. The first kappa shape index (κ1) is 8.88. The summed E-state index contributed by atoms with van der Waals surface area (Å²) < 4.78 is 9.55. The Morgan fingerprint density at radius 3 is 2.33 bits per heavy atom. The second-order valence-electron chi connectivity index (χ2n) is 2.07. The number of methoxy groups -OCH3 is 1. The van der Waals surface area contributed by atoms with Gasteiger partial charge in [-0.1, -0.05) is 0 Å². The van der Waals surface area contributed by atoms with Gasteiger partial charge in [0.15, 0.2) is 6.29 Å². The molecule has 0 bridgehead atoms. The smallest absolute Gasteiger partial charge is 0.177 e. The lowest BCUT2D eigenvalue weighted by molar-refractivity contribution is -0.128. The van der Waals surface area contributed by atoms with Crippen LogP contribution < -0.4 is 0 Å². The van der Waals surface area contributed by atoms with Gasteiger partial charge in [-0.05, 0) is 13.8 Å². The lowest BCUT2D eigenvalue weighted by Gasteiger charge is -2.10. The van der Waals surface area contributed by atoms with E-state index in [2.05, 4.69) is 4.74 Å². The maximum atomic E-state index is 8.76. The number of hydrogen-bond acceptors (Lipinski definition) is 3. The van der Waals surface area contributed by atoms with E-state index in [0.717, 1.165) is 0 Å².